The molecule has 5 atom stereocenters. The second-order valence-corrected chi connectivity index (χ2v) is 4.76. The first-order chi connectivity index (χ1) is 6.12. The van der Waals surface area contributed by atoms with Gasteiger partial charge in [0.25, 0.3) is 0 Å². The van der Waals surface area contributed by atoms with E-state index in [9.17, 15) is 9.90 Å². The highest BCUT2D eigenvalue weighted by atomic mass is 16.6. The van der Waals surface area contributed by atoms with E-state index in [0.29, 0.717) is 4.48 Å². The number of aliphatic hydroxyl groups excluding tert-OH is 1. The lowest BCUT2D eigenvalue weighted by Crippen LogP contribution is -2.54. The van der Waals surface area contributed by atoms with E-state index < -0.39 is 6.23 Å². The first-order valence-electron chi connectivity index (χ1n) is 4.85. The summed E-state index contributed by atoms with van der Waals surface area (Å²) in [6.07, 6.45) is 0.180. The van der Waals surface area contributed by atoms with Crippen molar-refractivity contribution in [3.8, 4) is 0 Å². The fraction of sp³-hybridized carbons (Fsp3) is 0.889. The number of ether oxygens (including phenoxy) is 1. The number of carbonyl (C=O) groups is 1. The second-order valence-electron chi connectivity index (χ2n) is 4.76. The molecule has 3 fully saturated rings. The third-order valence-electron chi connectivity index (χ3n) is 4.01. The van der Waals surface area contributed by atoms with Gasteiger partial charge in [-0.25, -0.2) is 0 Å². The van der Waals surface area contributed by atoms with Gasteiger partial charge in [0.2, 0.25) is 6.23 Å². The zero-order chi connectivity index (χ0) is 9.22. The number of nitrogens with zero attached hydrogens (tertiary/aromatic N) is 1. The van der Waals surface area contributed by atoms with Crippen LogP contribution in [0.3, 0.4) is 0 Å². The van der Waals surface area contributed by atoms with E-state index in [2.05, 4.69) is 0 Å². The molecule has 0 saturated carbocycles. The number of hydrogen-bond acceptors (Lipinski definition) is 3. The van der Waals surface area contributed by atoms with Gasteiger partial charge in [0.05, 0.1) is 32.0 Å². The molecule has 0 aliphatic carbocycles. The van der Waals surface area contributed by atoms with Crippen molar-refractivity contribution in [2.45, 2.75) is 18.8 Å². The number of piperidine rings is 1. The third kappa shape index (κ3) is 0.758. The molecule has 0 amide bonds. The number of carbonyl (C=O) groups excluding carboxylic acids is 1. The highest BCUT2D eigenvalue weighted by molar-refractivity contribution is 5.75. The summed E-state index contributed by atoms with van der Waals surface area (Å²) in [4.78, 5) is 11.4. The molecule has 13 heavy (non-hydrogen) atoms. The molecule has 3 heterocycles. The van der Waals surface area contributed by atoms with Crippen LogP contribution in [0.25, 0.3) is 0 Å². The van der Waals surface area contributed by atoms with Crippen molar-refractivity contribution in [3.63, 3.8) is 0 Å². The Morgan fingerprint density at radius 1 is 1.62 bits per heavy atom. The Labute approximate surface area is 76.7 Å². The van der Waals surface area contributed by atoms with Crippen molar-refractivity contribution in [3.05, 3.63) is 0 Å². The van der Waals surface area contributed by atoms with Gasteiger partial charge in [-0.05, 0) is 0 Å². The summed E-state index contributed by atoms with van der Waals surface area (Å²) in [5.41, 5.74) is 0. The molecule has 1 N–H and O–H groups in total. The number of fused-ring (bicyclic) bond motifs is 1. The molecule has 0 aromatic carbocycles. The molecule has 3 aliphatic rings. The molecular formula is C9H14NO3+. The van der Waals surface area contributed by atoms with Crippen molar-refractivity contribution in [2.75, 3.05) is 20.1 Å². The van der Waals surface area contributed by atoms with Gasteiger partial charge in [0.1, 0.15) is 0 Å². The van der Waals surface area contributed by atoms with Crippen LogP contribution in [0.1, 0.15) is 6.42 Å². The van der Waals surface area contributed by atoms with Gasteiger partial charge in [-0.3, -0.25) is 9.28 Å². The Morgan fingerprint density at radius 3 is 3.15 bits per heavy atom. The maximum atomic E-state index is 11.4. The van der Waals surface area contributed by atoms with Gasteiger partial charge in [-0.2, -0.15) is 0 Å². The first-order valence-corrected chi connectivity index (χ1v) is 4.85. The zero-order valence-electron chi connectivity index (χ0n) is 7.64. The van der Waals surface area contributed by atoms with Crippen LogP contribution in [-0.2, 0) is 9.53 Å². The Hall–Kier alpha value is -0.610. The monoisotopic (exact) mass is 184 g/mol. The summed E-state index contributed by atoms with van der Waals surface area (Å²) in [5.74, 6) is 0.273. The van der Waals surface area contributed by atoms with Crippen LogP contribution in [-0.4, -0.2) is 48.0 Å². The molecule has 4 nitrogen and oxygen atoms in total. The Balaban J connectivity index is 2.02. The Morgan fingerprint density at radius 2 is 2.38 bits per heavy atom. The largest absolute Gasteiger partial charge is 0.452 e. The fourth-order valence-corrected chi connectivity index (χ4v) is 3.16. The average Bonchev–Trinajstić information content (AvgIpc) is 2.48. The van der Waals surface area contributed by atoms with Gasteiger partial charge >= 0.3 is 5.97 Å². The van der Waals surface area contributed by atoms with E-state index in [0.717, 1.165) is 19.5 Å². The van der Waals surface area contributed by atoms with E-state index in [-0.39, 0.29) is 23.9 Å². The molecule has 2 bridgehead atoms. The lowest BCUT2D eigenvalue weighted by Gasteiger charge is -2.37. The molecule has 5 unspecified atom stereocenters. The van der Waals surface area contributed by atoms with Crippen LogP contribution in [0.2, 0.25) is 0 Å². The van der Waals surface area contributed by atoms with Crippen LogP contribution < -0.4 is 0 Å². The maximum Gasteiger partial charge on any atom is 0.310 e. The quantitative estimate of drug-likeness (QED) is 0.401. The van der Waals surface area contributed by atoms with Gasteiger partial charge in [-0.1, -0.05) is 0 Å². The van der Waals surface area contributed by atoms with Crippen LogP contribution in [0.5, 0.6) is 0 Å². The minimum atomic E-state index is -0.485. The molecule has 0 aromatic heterocycles. The number of hydrogen-bond donors (Lipinski definition) is 1. The molecule has 0 radical (unpaired) electrons. The maximum absolute atomic E-state index is 11.4. The van der Waals surface area contributed by atoms with E-state index in [1.807, 2.05) is 7.05 Å². The minimum absolute atomic E-state index is 0.0772. The van der Waals surface area contributed by atoms with E-state index in [1.165, 1.54) is 0 Å². The van der Waals surface area contributed by atoms with E-state index >= 15 is 0 Å². The number of rotatable bonds is 0. The van der Waals surface area contributed by atoms with Crippen molar-refractivity contribution in [2.24, 2.45) is 11.8 Å². The smallest absolute Gasteiger partial charge is 0.310 e. The van der Waals surface area contributed by atoms with E-state index in [4.69, 9.17) is 4.74 Å². The lowest BCUT2D eigenvalue weighted by atomic mass is 9.88. The first kappa shape index (κ1) is 7.76. The summed E-state index contributed by atoms with van der Waals surface area (Å²) in [7, 11) is 2.05. The second kappa shape index (κ2) is 2.07. The van der Waals surface area contributed by atoms with Crippen molar-refractivity contribution >= 4 is 5.97 Å². The van der Waals surface area contributed by atoms with Gasteiger partial charge in [-0.15, -0.1) is 0 Å². The summed E-state index contributed by atoms with van der Waals surface area (Å²) in [6.45, 7) is 1.82. The van der Waals surface area contributed by atoms with Crippen LogP contribution in [0.15, 0.2) is 0 Å². The van der Waals surface area contributed by atoms with Gasteiger partial charge in [0, 0.05) is 6.42 Å². The SMILES string of the molecule is C[N+]12CCC3C(=O)OC(C3C1)C2O. The molecule has 3 saturated heterocycles. The van der Waals surface area contributed by atoms with Crippen LogP contribution in [0, 0.1) is 11.8 Å². The highest BCUT2D eigenvalue weighted by Crippen LogP contribution is 2.46. The molecule has 3 aliphatic heterocycles. The van der Waals surface area contributed by atoms with Crippen molar-refractivity contribution < 1.29 is 19.1 Å². The van der Waals surface area contributed by atoms with Crippen molar-refractivity contribution in [1.29, 1.82) is 0 Å². The predicted molar refractivity (Wildman–Crippen MR) is 43.4 cm³/mol. The van der Waals surface area contributed by atoms with Crippen molar-refractivity contribution in [1.82, 2.24) is 0 Å². The normalized spacial score (nSPS) is 58.2. The predicted octanol–water partition coefficient (Wildman–Crippen LogP) is -0.674. The van der Waals surface area contributed by atoms with Crippen LogP contribution in [0.4, 0.5) is 0 Å². The standard InChI is InChI=1S/C9H14NO3/c1-10-3-2-5-6(4-10)7(8(10)11)13-9(5)12/h5-8,11H,2-4H2,1H3/q+1. The topological polar surface area (TPSA) is 46.5 Å². The average molecular weight is 184 g/mol. The molecule has 0 aromatic rings. The fourth-order valence-electron chi connectivity index (χ4n) is 3.16. The summed E-state index contributed by atoms with van der Waals surface area (Å²) < 4.78 is 5.87. The van der Waals surface area contributed by atoms with Gasteiger partial charge in [0.15, 0.2) is 6.10 Å². The molecule has 3 rings (SSSR count). The highest BCUT2D eigenvalue weighted by Gasteiger charge is 2.64. The Kier molecular flexibility index (Phi) is 1.23. The molecule has 72 valence electrons. The summed E-state index contributed by atoms with van der Waals surface area (Å²) in [5, 5.41) is 9.96. The van der Waals surface area contributed by atoms with Gasteiger partial charge < -0.3 is 9.84 Å². The molecule has 0 spiro atoms. The summed E-state index contributed by atoms with van der Waals surface area (Å²) >= 11 is 0. The number of quaternary nitrogens is 1. The third-order valence-corrected chi connectivity index (χ3v) is 4.01. The lowest BCUT2D eigenvalue weighted by molar-refractivity contribution is -0.948. The van der Waals surface area contributed by atoms with Crippen LogP contribution >= 0.6 is 0 Å². The summed E-state index contributed by atoms with van der Waals surface area (Å²) in [6, 6.07) is 0. The molecular weight excluding hydrogens is 170 g/mol. The van der Waals surface area contributed by atoms with E-state index in [1.54, 1.807) is 0 Å². The number of esters is 1. The zero-order valence-corrected chi connectivity index (χ0v) is 7.64. The Bertz CT molecular complexity index is 280. The minimum Gasteiger partial charge on any atom is -0.452 e. The number of likely N-dealkylation sites (N-methyl/N-ethyl adjacent to an activating group) is 1. The number of aliphatic hydroxyl groups is 1. The molecule has 4 heteroatoms.